The van der Waals surface area contributed by atoms with Crippen LogP contribution in [0.15, 0.2) is 47.5 Å². The highest BCUT2D eigenvalue weighted by Crippen LogP contribution is 2.26. The summed E-state index contributed by atoms with van der Waals surface area (Å²) in [4.78, 5) is 19.7. The van der Waals surface area contributed by atoms with Crippen molar-refractivity contribution in [3.8, 4) is 0 Å². The number of aromatic carboxylic acids is 1. The number of aryl methyl sites for hydroxylation is 1. The van der Waals surface area contributed by atoms with Crippen molar-refractivity contribution in [1.29, 1.82) is 0 Å². The zero-order chi connectivity index (χ0) is 17.8. The third kappa shape index (κ3) is 4.03. The molecule has 0 fully saturated rings. The molecule has 0 unspecified atom stereocenters. The van der Waals surface area contributed by atoms with Gasteiger partial charge in [0.15, 0.2) is 0 Å². The van der Waals surface area contributed by atoms with Crippen LogP contribution in [-0.2, 0) is 0 Å². The van der Waals surface area contributed by atoms with E-state index in [1.54, 1.807) is 12.1 Å². The Morgan fingerprint density at radius 2 is 2.00 bits per heavy atom. The molecule has 1 heterocycles. The Morgan fingerprint density at radius 3 is 2.68 bits per heavy atom. The molecule has 0 atom stereocenters. The number of aromatic nitrogens is 1. The predicted octanol–water partition coefficient (Wildman–Crippen LogP) is 2.37. The quantitative estimate of drug-likeness (QED) is 0.210. The summed E-state index contributed by atoms with van der Waals surface area (Å²) in [6.07, 6.45) is 0. The number of rotatable bonds is 4. The topological polar surface area (TPSA) is 125 Å². The summed E-state index contributed by atoms with van der Waals surface area (Å²) >= 11 is 1.32. The van der Waals surface area contributed by atoms with Crippen LogP contribution in [0.25, 0.3) is 10.2 Å². The van der Waals surface area contributed by atoms with E-state index in [0.29, 0.717) is 16.6 Å². The first kappa shape index (κ1) is 16.7. The minimum atomic E-state index is -0.970. The van der Waals surface area contributed by atoms with Crippen LogP contribution in [0.1, 0.15) is 15.9 Å². The highest BCUT2D eigenvalue weighted by atomic mass is 32.1. The summed E-state index contributed by atoms with van der Waals surface area (Å²) in [6, 6.07) is 12.4. The number of hydrazine groups is 2. The molecule has 1 aromatic heterocycles. The molecule has 0 amide bonds. The van der Waals surface area contributed by atoms with E-state index in [-0.39, 0.29) is 5.56 Å². The Kier molecular flexibility index (Phi) is 4.78. The van der Waals surface area contributed by atoms with Crippen molar-refractivity contribution in [3.63, 3.8) is 0 Å². The highest BCUT2D eigenvalue weighted by Gasteiger charge is 2.08. The van der Waals surface area contributed by atoms with Crippen LogP contribution in [-0.4, -0.2) is 22.0 Å². The molecule has 2 aromatic carbocycles. The third-order valence-electron chi connectivity index (χ3n) is 3.33. The highest BCUT2D eigenvalue weighted by molar-refractivity contribution is 7.22. The molecule has 6 N–H and O–H groups in total. The van der Waals surface area contributed by atoms with E-state index in [4.69, 9.17) is 10.9 Å². The van der Waals surface area contributed by atoms with Gasteiger partial charge in [-0.25, -0.2) is 20.6 Å². The second kappa shape index (κ2) is 7.16. The maximum absolute atomic E-state index is 11.0. The van der Waals surface area contributed by atoms with Crippen LogP contribution in [0.5, 0.6) is 0 Å². The van der Waals surface area contributed by atoms with E-state index < -0.39 is 5.97 Å². The van der Waals surface area contributed by atoms with Gasteiger partial charge in [-0.05, 0) is 37.3 Å². The molecule has 0 spiro atoms. The summed E-state index contributed by atoms with van der Waals surface area (Å²) in [5.74, 6) is 4.82. The number of fused-ring (bicyclic) bond motifs is 1. The average Bonchev–Trinajstić information content (AvgIpc) is 3.02. The Bertz CT molecular complexity index is 935. The number of nitrogens with one attached hydrogen (secondary N) is 3. The van der Waals surface area contributed by atoms with Crippen LogP contribution in [0, 0.1) is 6.92 Å². The molecule has 3 rings (SSSR count). The zero-order valence-corrected chi connectivity index (χ0v) is 14.1. The van der Waals surface area contributed by atoms with Gasteiger partial charge in [0.2, 0.25) is 11.1 Å². The Balaban J connectivity index is 1.74. The van der Waals surface area contributed by atoms with Crippen molar-refractivity contribution in [2.24, 2.45) is 10.8 Å². The molecule has 128 valence electrons. The predicted molar refractivity (Wildman–Crippen MR) is 98.9 cm³/mol. The van der Waals surface area contributed by atoms with Gasteiger partial charge in [-0.3, -0.25) is 16.3 Å². The van der Waals surface area contributed by atoms with Crippen molar-refractivity contribution in [1.82, 2.24) is 15.8 Å². The molecule has 0 saturated heterocycles. The lowest BCUT2D eigenvalue weighted by molar-refractivity contribution is 0.0697. The second-order valence-corrected chi connectivity index (χ2v) is 6.23. The number of carbonyl (C=O) groups is 1. The number of nitrogens with two attached hydrogens (primary N) is 1. The first-order valence-electron chi connectivity index (χ1n) is 7.33. The molecule has 25 heavy (non-hydrogen) atoms. The number of nitrogens with zero attached hydrogens (tertiary/aromatic N) is 2. The van der Waals surface area contributed by atoms with Gasteiger partial charge < -0.3 is 5.11 Å². The Hall–Kier alpha value is -3.17. The molecule has 0 aliphatic rings. The van der Waals surface area contributed by atoms with Crippen molar-refractivity contribution >= 4 is 44.3 Å². The van der Waals surface area contributed by atoms with Crippen LogP contribution in [0.4, 0.5) is 10.8 Å². The van der Waals surface area contributed by atoms with Crippen LogP contribution in [0.3, 0.4) is 0 Å². The van der Waals surface area contributed by atoms with Gasteiger partial charge in [0.05, 0.1) is 21.5 Å². The summed E-state index contributed by atoms with van der Waals surface area (Å²) in [5.41, 5.74) is 11.0. The molecule has 0 bridgehead atoms. The van der Waals surface area contributed by atoms with Crippen LogP contribution in [0.2, 0.25) is 0 Å². The molecule has 0 aliphatic carbocycles. The Labute approximate surface area is 147 Å². The SMILES string of the molecule is Cc1ccc(N=C(NN)NNc2nc3ccc(C(=O)O)cc3s2)cc1. The van der Waals surface area contributed by atoms with Gasteiger partial charge >= 0.3 is 5.97 Å². The van der Waals surface area contributed by atoms with Gasteiger partial charge in [0, 0.05) is 0 Å². The summed E-state index contributed by atoms with van der Waals surface area (Å²) in [7, 11) is 0. The van der Waals surface area contributed by atoms with Crippen molar-refractivity contribution < 1.29 is 9.90 Å². The number of anilines is 1. The lowest BCUT2D eigenvalue weighted by Crippen LogP contribution is -2.44. The van der Waals surface area contributed by atoms with E-state index in [1.807, 2.05) is 31.2 Å². The lowest BCUT2D eigenvalue weighted by atomic mass is 10.2. The first-order chi connectivity index (χ1) is 12.0. The molecule has 3 aromatic rings. The van der Waals surface area contributed by atoms with E-state index in [2.05, 4.69) is 26.3 Å². The smallest absolute Gasteiger partial charge is 0.335 e. The number of hydrogen-bond donors (Lipinski definition) is 5. The van der Waals surface area contributed by atoms with Crippen LogP contribution < -0.4 is 22.1 Å². The first-order valence-corrected chi connectivity index (χ1v) is 8.14. The molecule has 0 radical (unpaired) electrons. The zero-order valence-electron chi connectivity index (χ0n) is 13.3. The molecule has 9 heteroatoms. The second-order valence-electron chi connectivity index (χ2n) is 5.20. The minimum absolute atomic E-state index is 0.223. The third-order valence-corrected chi connectivity index (χ3v) is 4.27. The van der Waals surface area contributed by atoms with Gasteiger partial charge in [-0.15, -0.1) is 0 Å². The van der Waals surface area contributed by atoms with Gasteiger partial charge in [-0.2, -0.15) is 0 Å². The summed E-state index contributed by atoms with van der Waals surface area (Å²) in [6.45, 7) is 2.00. The van der Waals surface area contributed by atoms with Gasteiger partial charge in [-0.1, -0.05) is 29.0 Å². The average molecular weight is 356 g/mol. The van der Waals surface area contributed by atoms with E-state index in [0.717, 1.165) is 16.0 Å². The summed E-state index contributed by atoms with van der Waals surface area (Å²) in [5, 5.41) is 9.59. The molecule has 0 aliphatic heterocycles. The fourth-order valence-electron chi connectivity index (χ4n) is 2.07. The molecule has 0 saturated carbocycles. The number of guanidine groups is 1. The summed E-state index contributed by atoms with van der Waals surface area (Å²) < 4.78 is 0.766. The number of aliphatic imine (C=N–C) groups is 1. The van der Waals surface area contributed by atoms with Crippen molar-refractivity contribution in [2.75, 3.05) is 5.43 Å². The number of thiazole rings is 1. The molecular formula is C16H16N6O2S. The molecular weight excluding hydrogens is 340 g/mol. The van der Waals surface area contributed by atoms with Crippen molar-refractivity contribution in [2.45, 2.75) is 6.92 Å². The number of hydrogen-bond acceptors (Lipinski definition) is 6. The largest absolute Gasteiger partial charge is 0.478 e. The molecule has 8 nitrogen and oxygen atoms in total. The maximum Gasteiger partial charge on any atom is 0.335 e. The Morgan fingerprint density at radius 1 is 1.24 bits per heavy atom. The fraction of sp³-hybridized carbons (Fsp3) is 0.0625. The van der Waals surface area contributed by atoms with E-state index >= 15 is 0 Å². The van der Waals surface area contributed by atoms with Gasteiger partial charge in [0.25, 0.3) is 0 Å². The maximum atomic E-state index is 11.0. The minimum Gasteiger partial charge on any atom is -0.478 e. The normalized spacial score (nSPS) is 11.4. The number of carboxylic acid groups (broad SMARTS) is 1. The van der Waals surface area contributed by atoms with E-state index in [9.17, 15) is 4.79 Å². The van der Waals surface area contributed by atoms with Crippen LogP contribution >= 0.6 is 11.3 Å². The number of benzene rings is 2. The standard InChI is InChI=1S/C16H16N6O2S/c1-9-2-5-11(6-3-9)18-15(20-17)21-22-16-19-12-7-4-10(14(23)24)8-13(12)25-16/h2-8H,17H2,1H3,(H,19,22)(H,23,24)(H2,18,20,21). The monoisotopic (exact) mass is 356 g/mol. The van der Waals surface area contributed by atoms with E-state index in [1.165, 1.54) is 17.4 Å². The van der Waals surface area contributed by atoms with Crippen molar-refractivity contribution in [3.05, 3.63) is 53.6 Å². The van der Waals surface area contributed by atoms with Gasteiger partial charge in [0.1, 0.15) is 0 Å². The fourth-order valence-corrected chi connectivity index (χ4v) is 2.93. The lowest BCUT2D eigenvalue weighted by Gasteiger charge is -2.09. The number of carboxylic acids is 1.